The van der Waals surface area contributed by atoms with Crippen LogP contribution >= 0.6 is 11.3 Å². The molecule has 1 N–H and O–H groups in total. The molecule has 0 aliphatic rings. The molecule has 0 aliphatic carbocycles. The number of aromatic nitrogens is 3. The Labute approximate surface area is 132 Å². The van der Waals surface area contributed by atoms with Gasteiger partial charge in [0, 0.05) is 25.1 Å². The predicted octanol–water partition coefficient (Wildman–Crippen LogP) is 2.55. The van der Waals surface area contributed by atoms with Crippen LogP contribution in [-0.2, 0) is 16.6 Å². The minimum absolute atomic E-state index is 0.170. The molecule has 1 atom stereocenters. The zero-order chi connectivity index (χ0) is 15.7. The first kappa shape index (κ1) is 15.1. The number of pyridine rings is 1. The highest BCUT2D eigenvalue weighted by Gasteiger charge is 2.21. The molecule has 0 saturated carbocycles. The van der Waals surface area contributed by atoms with E-state index < -0.39 is 16.1 Å². The molecule has 0 fully saturated rings. The van der Waals surface area contributed by atoms with E-state index in [1.165, 1.54) is 17.5 Å². The van der Waals surface area contributed by atoms with E-state index in [-0.39, 0.29) is 4.90 Å². The summed E-state index contributed by atoms with van der Waals surface area (Å²) in [6, 6.07) is 3.10. The van der Waals surface area contributed by atoms with Gasteiger partial charge in [0.2, 0.25) is 10.0 Å². The highest BCUT2D eigenvalue weighted by Crippen LogP contribution is 2.23. The fourth-order valence-electron chi connectivity index (χ4n) is 2.30. The highest BCUT2D eigenvalue weighted by molar-refractivity contribution is 7.89. The lowest BCUT2D eigenvalue weighted by atomic mass is 10.3. The van der Waals surface area contributed by atoms with Crippen LogP contribution in [0.25, 0.3) is 10.2 Å². The van der Waals surface area contributed by atoms with Crippen molar-refractivity contribution in [1.82, 2.24) is 19.3 Å². The Hall–Kier alpha value is -1.77. The van der Waals surface area contributed by atoms with Crippen LogP contribution in [0.4, 0.5) is 0 Å². The van der Waals surface area contributed by atoms with Crippen LogP contribution in [-0.4, -0.2) is 23.0 Å². The predicted molar refractivity (Wildman–Crippen MR) is 86.3 cm³/mol. The second-order valence-corrected chi connectivity index (χ2v) is 7.55. The van der Waals surface area contributed by atoms with Crippen LogP contribution in [0.1, 0.15) is 25.7 Å². The molecule has 0 amide bonds. The lowest BCUT2D eigenvalue weighted by Crippen LogP contribution is -2.28. The van der Waals surface area contributed by atoms with E-state index in [1.54, 1.807) is 19.2 Å². The molecule has 0 radical (unpaired) electrons. The van der Waals surface area contributed by atoms with Crippen LogP contribution < -0.4 is 4.72 Å². The summed E-state index contributed by atoms with van der Waals surface area (Å²) in [5.74, 6) is 0.691. The summed E-state index contributed by atoms with van der Waals surface area (Å²) < 4.78 is 30.5. The van der Waals surface area contributed by atoms with E-state index in [9.17, 15) is 8.42 Å². The molecule has 3 heterocycles. The van der Waals surface area contributed by atoms with Crippen LogP contribution in [0.15, 0.2) is 41.0 Å². The fourth-order valence-corrected chi connectivity index (χ4v) is 4.32. The van der Waals surface area contributed by atoms with Gasteiger partial charge in [0.25, 0.3) is 0 Å². The fraction of sp³-hybridized carbons (Fsp3) is 0.286. The Kier molecular flexibility index (Phi) is 3.98. The summed E-state index contributed by atoms with van der Waals surface area (Å²) in [7, 11) is -3.64. The standard InChI is InChI=1S/C14H16N4O2S2/c1-3-18-6-5-15-14(18)10(2)17-22(19,20)11-8-13-12(16-9-11)4-7-21-13/h4-10,17H,3H2,1-2H3/t10-/m1/s1. The summed E-state index contributed by atoms with van der Waals surface area (Å²) >= 11 is 1.47. The topological polar surface area (TPSA) is 76.9 Å². The SMILES string of the molecule is CCn1ccnc1[C@@H](C)NS(=O)(=O)c1cnc2ccsc2c1. The number of fused-ring (bicyclic) bond motifs is 1. The van der Waals surface area contributed by atoms with E-state index in [1.807, 2.05) is 29.1 Å². The molecule has 3 aromatic rings. The maximum absolute atomic E-state index is 12.5. The van der Waals surface area contributed by atoms with Gasteiger partial charge in [0.1, 0.15) is 10.7 Å². The number of imidazole rings is 1. The minimum atomic E-state index is -3.64. The van der Waals surface area contributed by atoms with Crippen molar-refractivity contribution in [3.63, 3.8) is 0 Å². The van der Waals surface area contributed by atoms with Crippen molar-refractivity contribution < 1.29 is 8.42 Å². The molecule has 3 rings (SSSR count). The first-order chi connectivity index (χ1) is 10.5. The van der Waals surface area contributed by atoms with Crippen molar-refractivity contribution in [2.24, 2.45) is 0 Å². The van der Waals surface area contributed by atoms with E-state index in [2.05, 4.69) is 14.7 Å². The molecule has 22 heavy (non-hydrogen) atoms. The quantitative estimate of drug-likeness (QED) is 0.777. The van der Waals surface area contributed by atoms with Crippen molar-refractivity contribution in [1.29, 1.82) is 0 Å². The molecule has 6 nitrogen and oxygen atoms in total. The molecule has 116 valence electrons. The molecular formula is C14H16N4O2S2. The van der Waals surface area contributed by atoms with Crippen molar-refractivity contribution in [3.05, 3.63) is 41.9 Å². The number of sulfonamides is 1. The van der Waals surface area contributed by atoms with E-state index in [0.717, 1.165) is 16.8 Å². The summed E-state index contributed by atoms with van der Waals surface area (Å²) in [4.78, 5) is 8.58. The Morgan fingerprint density at radius 1 is 1.41 bits per heavy atom. The largest absolute Gasteiger partial charge is 0.334 e. The minimum Gasteiger partial charge on any atom is -0.334 e. The Bertz CT molecular complexity index is 898. The molecule has 0 saturated heterocycles. The van der Waals surface area contributed by atoms with Gasteiger partial charge in [-0.05, 0) is 31.4 Å². The van der Waals surface area contributed by atoms with Gasteiger partial charge in [-0.3, -0.25) is 4.98 Å². The van der Waals surface area contributed by atoms with Crippen LogP contribution in [0.5, 0.6) is 0 Å². The molecule has 0 bridgehead atoms. The molecule has 0 spiro atoms. The van der Waals surface area contributed by atoms with Crippen molar-refractivity contribution in [3.8, 4) is 0 Å². The molecular weight excluding hydrogens is 320 g/mol. The third-order valence-electron chi connectivity index (χ3n) is 3.40. The van der Waals surface area contributed by atoms with Gasteiger partial charge in [-0.25, -0.2) is 18.1 Å². The average Bonchev–Trinajstić information content (AvgIpc) is 3.14. The zero-order valence-corrected chi connectivity index (χ0v) is 13.9. The smallest absolute Gasteiger partial charge is 0.242 e. The van der Waals surface area contributed by atoms with Gasteiger partial charge in [-0.1, -0.05) is 0 Å². The second kappa shape index (κ2) is 5.79. The third-order valence-corrected chi connectivity index (χ3v) is 5.76. The van der Waals surface area contributed by atoms with Gasteiger partial charge in [-0.2, -0.15) is 0 Å². The lowest BCUT2D eigenvalue weighted by Gasteiger charge is -2.15. The van der Waals surface area contributed by atoms with Crippen molar-refractivity contribution >= 4 is 31.6 Å². The number of rotatable bonds is 5. The van der Waals surface area contributed by atoms with E-state index >= 15 is 0 Å². The molecule has 0 aliphatic heterocycles. The number of hydrogen-bond acceptors (Lipinski definition) is 5. The van der Waals surface area contributed by atoms with Crippen LogP contribution in [0.3, 0.4) is 0 Å². The van der Waals surface area contributed by atoms with Gasteiger partial charge in [-0.15, -0.1) is 11.3 Å². The molecule has 0 aromatic carbocycles. The maximum atomic E-state index is 12.5. The third kappa shape index (κ3) is 2.77. The van der Waals surface area contributed by atoms with Crippen LogP contribution in [0, 0.1) is 0 Å². The summed E-state index contributed by atoms with van der Waals surface area (Å²) in [5, 5.41) is 1.89. The second-order valence-electron chi connectivity index (χ2n) is 4.89. The summed E-state index contributed by atoms with van der Waals surface area (Å²) in [6.45, 7) is 4.51. The monoisotopic (exact) mass is 336 g/mol. The van der Waals surface area contributed by atoms with E-state index in [4.69, 9.17) is 0 Å². The van der Waals surface area contributed by atoms with Gasteiger partial charge in [0.15, 0.2) is 0 Å². The summed E-state index contributed by atoms with van der Waals surface area (Å²) in [5.41, 5.74) is 0.804. The highest BCUT2D eigenvalue weighted by atomic mass is 32.2. The number of aryl methyl sites for hydroxylation is 1. The summed E-state index contributed by atoms with van der Waals surface area (Å²) in [6.07, 6.45) is 4.89. The van der Waals surface area contributed by atoms with Crippen molar-refractivity contribution in [2.75, 3.05) is 0 Å². The Morgan fingerprint density at radius 2 is 2.23 bits per heavy atom. The molecule has 3 aromatic heterocycles. The van der Waals surface area contributed by atoms with E-state index in [0.29, 0.717) is 5.82 Å². The number of hydrogen-bond donors (Lipinski definition) is 1. The number of thiophene rings is 1. The lowest BCUT2D eigenvalue weighted by molar-refractivity contribution is 0.547. The zero-order valence-electron chi connectivity index (χ0n) is 12.2. The number of nitrogens with one attached hydrogen (secondary N) is 1. The first-order valence-electron chi connectivity index (χ1n) is 6.88. The van der Waals surface area contributed by atoms with Gasteiger partial charge in [0.05, 0.1) is 16.3 Å². The normalized spacial score (nSPS) is 13.5. The first-order valence-corrected chi connectivity index (χ1v) is 9.24. The average molecular weight is 336 g/mol. The maximum Gasteiger partial charge on any atom is 0.242 e. The number of nitrogens with zero attached hydrogens (tertiary/aromatic N) is 3. The molecule has 8 heteroatoms. The Morgan fingerprint density at radius 3 is 3.00 bits per heavy atom. The van der Waals surface area contributed by atoms with Crippen LogP contribution in [0.2, 0.25) is 0 Å². The Balaban J connectivity index is 1.89. The van der Waals surface area contributed by atoms with Gasteiger partial charge < -0.3 is 4.57 Å². The molecule has 0 unspecified atom stereocenters. The van der Waals surface area contributed by atoms with Crippen molar-refractivity contribution in [2.45, 2.75) is 31.3 Å². The van der Waals surface area contributed by atoms with Gasteiger partial charge >= 0.3 is 0 Å².